The quantitative estimate of drug-likeness (QED) is 0.580. The second kappa shape index (κ2) is 12.4. The first-order chi connectivity index (χ1) is 7.56. The molecule has 0 rings (SSSR count). The van der Waals surface area contributed by atoms with Crippen molar-refractivity contribution in [2.75, 3.05) is 6.54 Å². The Hall–Kier alpha value is -0.0800. The highest BCUT2D eigenvalue weighted by molar-refractivity contribution is 4.61. The summed E-state index contributed by atoms with van der Waals surface area (Å²) in [6.45, 7) is 7.88. The van der Waals surface area contributed by atoms with Crippen LogP contribution in [0.1, 0.15) is 85.0 Å². The molecule has 0 saturated carbocycles. The van der Waals surface area contributed by atoms with Crippen molar-refractivity contribution in [2.45, 2.75) is 85.0 Å². The predicted octanol–water partition coefficient (Wildman–Crippen LogP) is 4.07. The Balaban J connectivity index is 0. The molecule has 17 heavy (non-hydrogen) atoms. The Morgan fingerprint density at radius 1 is 0.647 bits per heavy atom. The molecule has 0 heterocycles. The van der Waals surface area contributed by atoms with Gasteiger partial charge >= 0.3 is 0 Å². The Morgan fingerprint density at radius 3 is 1.35 bits per heavy atom. The molecule has 0 aliphatic carbocycles. The maximum atomic E-state index is 5.46. The van der Waals surface area contributed by atoms with Crippen molar-refractivity contribution in [2.24, 2.45) is 11.1 Å². The minimum absolute atomic E-state index is 0. The van der Waals surface area contributed by atoms with E-state index in [0.29, 0.717) is 5.41 Å². The van der Waals surface area contributed by atoms with Crippen LogP contribution in [0.25, 0.3) is 0 Å². The molecule has 0 unspecified atom stereocenters. The third-order valence-electron chi connectivity index (χ3n) is 3.13. The van der Waals surface area contributed by atoms with Crippen molar-refractivity contribution >= 4 is 0 Å². The van der Waals surface area contributed by atoms with Crippen LogP contribution >= 0.6 is 0 Å². The lowest BCUT2D eigenvalue weighted by Crippen LogP contribution is -2.03. The molecule has 0 aromatic heterocycles. The van der Waals surface area contributed by atoms with E-state index in [0.717, 1.165) is 6.54 Å². The van der Waals surface area contributed by atoms with Crippen LogP contribution in [-0.2, 0) is 0 Å². The van der Waals surface area contributed by atoms with Gasteiger partial charge in [0.25, 0.3) is 0 Å². The molecule has 0 aliphatic rings. The van der Waals surface area contributed by atoms with Gasteiger partial charge in [-0.2, -0.15) is 0 Å². The van der Waals surface area contributed by atoms with Crippen LogP contribution in [0, 0.1) is 5.41 Å². The van der Waals surface area contributed by atoms with Crippen molar-refractivity contribution in [3.8, 4) is 0 Å². The Morgan fingerprint density at radius 2 is 1.00 bits per heavy atom. The van der Waals surface area contributed by atoms with Gasteiger partial charge in [0.15, 0.2) is 0 Å². The smallest absolute Gasteiger partial charge is 0.00773 e. The van der Waals surface area contributed by atoms with Crippen LogP contribution in [0.15, 0.2) is 0 Å². The molecule has 0 atom stereocenters. The number of hydrogen-bond donors (Lipinski definition) is 1. The highest BCUT2D eigenvalue weighted by Crippen LogP contribution is 2.22. The normalized spacial score (nSPS) is 11.3. The van der Waals surface area contributed by atoms with Crippen molar-refractivity contribution in [3.05, 3.63) is 0 Å². The molecule has 0 radical (unpaired) electrons. The molecular weight excluding hydrogens is 210 g/mol. The molecule has 0 bridgehead atoms. The number of hydrogen-bond acceptors (Lipinski definition) is 1. The van der Waals surface area contributed by atoms with Crippen molar-refractivity contribution in [1.82, 2.24) is 0 Å². The van der Waals surface area contributed by atoms with Gasteiger partial charge in [-0.1, -0.05) is 72.1 Å². The molecule has 2 heteroatoms. The van der Waals surface area contributed by atoms with E-state index in [-0.39, 0.29) is 5.48 Å². The maximum absolute atomic E-state index is 5.46. The molecule has 0 aromatic carbocycles. The molecule has 0 saturated heterocycles. The molecular formula is C15H35NO. The third kappa shape index (κ3) is 18.5. The van der Waals surface area contributed by atoms with Crippen LogP contribution in [-0.4, -0.2) is 12.0 Å². The minimum Gasteiger partial charge on any atom is -0.412 e. The number of unbranched alkanes of at least 4 members (excludes halogenated alkanes) is 8. The summed E-state index contributed by atoms with van der Waals surface area (Å²) in [4.78, 5) is 0. The molecule has 4 N–H and O–H groups in total. The standard InChI is InChI=1S/C15H33N.H2O/c1-15(2,3)13-11-9-7-5-4-6-8-10-12-14-16;/h4-14,16H2,1-3H3;1H2. The summed E-state index contributed by atoms with van der Waals surface area (Å²) in [7, 11) is 0. The zero-order chi connectivity index (χ0) is 12.3. The average Bonchev–Trinajstić information content (AvgIpc) is 2.19. The fourth-order valence-electron chi connectivity index (χ4n) is 2.04. The second-order valence-electron chi connectivity index (χ2n) is 6.28. The highest BCUT2D eigenvalue weighted by atomic mass is 16.0. The SMILES string of the molecule is CC(C)(C)CCCCCCCCCCCN.O. The summed E-state index contributed by atoms with van der Waals surface area (Å²) in [6.07, 6.45) is 13.9. The van der Waals surface area contributed by atoms with Gasteiger partial charge in [-0.3, -0.25) is 0 Å². The first-order valence-electron chi connectivity index (χ1n) is 7.26. The number of rotatable bonds is 10. The fraction of sp³-hybridized carbons (Fsp3) is 1.00. The summed E-state index contributed by atoms with van der Waals surface area (Å²) in [6, 6.07) is 0. The molecule has 2 nitrogen and oxygen atoms in total. The zero-order valence-corrected chi connectivity index (χ0v) is 12.4. The fourth-order valence-corrected chi connectivity index (χ4v) is 2.04. The largest absolute Gasteiger partial charge is 0.412 e. The van der Waals surface area contributed by atoms with Gasteiger partial charge in [0.05, 0.1) is 0 Å². The van der Waals surface area contributed by atoms with E-state index in [1.165, 1.54) is 64.2 Å². The molecule has 0 spiro atoms. The van der Waals surface area contributed by atoms with Crippen molar-refractivity contribution < 1.29 is 5.48 Å². The summed E-state index contributed by atoms with van der Waals surface area (Å²) in [5.41, 5.74) is 5.99. The average molecular weight is 245 g/mol. The van der Waals surface area contributed by atoms with Gasteiger partial charge in [-0.25, -0.2) is 0 Å². The second-order valence-corrected chi connectivity index (χ2v) is 6.28. The zero-order valence-electron chi connectivity index (χ0n) is 12.4. The highest BCUT2D eigenvalue weighted by Gasteiger charge is 2.08. The minimum atomic E-state index is 0. The third-order valence-corrected chi connectivity index (χ3v) is 3.13. The Kier molecular flexibility index (Phi) is 14.0. The van der Waals surface area contributed by atoms with Crippen LogP contribution in [0.4, 0.5) is 0 Å². The maximum Gasteiger partial charge on any atom is -0.00773 e. The lowest BCUT2D eigenvalue weighted by molar-refractivity contribution is 0.356. The van der Waals surface area contributed by atoms with Gasteiger partial charge in [0.2, 0.25) is 0 Å². The van der Waals surface area contributed by atoms with E-state index in [4.69, 9.17) is 5.73 Å². The van der Waals surface area contributed by atoms with Crippen LogP contribution in [0.5, 0.6) is 0 Å². The first-order valence-corrected chi connectivity index (χ1v) is 7.26. The monoisotopic (exact) mass is 245 g/mol. The van der Waals surface area contributed by atoms with Gasteiger partial charge in [-0.05, 0) is 24.8 Å². The molecule has 0 aliphatic heterocycles. The summed E-state index contributed by atoms with van der Waals surface area (Å²) < 4.78 is 0. The van der Waals surface area contributed by atoms with E-state index < -0.39 is 0 Å². The van der Waals surface area contributed by atoms with E-state index >= 15 is 0 Å². The molecule has 0 aromatic rings. The van der Waals surface area contributed by atoms with Crippen LogP contribution in [0.3, 0.4) is 0 Å². The molecule has 106 valence electrons. The van der Waals surface area contributed by atoms with Gasteiger partial charge in [0.1, 0.15) is 0 Å². The van der Waals surface area contributed by atoms with Crippen molar-refractivity contribution in [3.63, 3.8) is 0 Å². The van der Waals surface area contributed by atoms with Crippen molar-refractivity contribution in [1.29, 1.82) is 0 Å². The topological polar surface area (TPSA) is 57.5 Å². The summed E-state index contributed by atoms with van der Waals surface area (Å²) >= 11 is 0. The Bertz CT molecular complexity index is 140. The molecule has 0 fully saturated rings. The lowest BCUT2D eigenvalue weighted by Gasteiger charge is -2.17. The van der Waals surface area contributed by atoms with Gasteiger partial charge in [-0.15, -0.1) is 0 Å². The van der Waals surface area contributed by atoms with Crippen LogP contribution in [0.2, 0.25) is 0 Å². The summed E-state index contributed by atoms with van der Waals surface area (Å²) in [5, 5.41) is 0. The lowest BCUT2D eigenvalue weighted by atomic mass is 9.89. The first kappa shape index (κ1) is 19.3. The Labute approximate surface area is 109 Å². The van der Waals surface area contributed by atoms with Gasteiger partial charge in [0, 0.05) is 0 Å². The van der Waals surface area contributed by atoms with Gasteiger partial charge < -0.3 is 11.2 Å². The predicted molar refractivity (Wildman–Crippen MR) is 78.3 cm³/mol. The molecule has 0 amide bonds. The van der Waals surface area contributed by atoms with E-state index in [2.05, 4.69) is 20.8 Å². The van der Waals surface area contributed by atoms with E-state index in [1.807, 2.05) is 0 Å². The van der Waals surface area contributed by atoms with Crippen LogP contribution < -0.4 is 5.73 Å². The van der Waals surface area contributed by atoms with E-state index in [1.54, 1.807) is 0 Å². The number of nitrogens with two attached hydrogens (primary N) is 1. The van der Waals surface area contributed by atoms with E-state index in [9.17, 15) is 0 Å². The summed E-state index contributed by atoms with van der Waals surface area (Å²) in [5.74, 6) is 0.